The van der Waals surface area contributed by atoms with Crippen molar-refractivity contribution in [2.75, 3.05) is 6.54 Å². The molecule has 0 spiro atoms. The molecule has 1 saturated heterocycles. The van der Waals surface area contributed by atoms with Gasteiger partial charge in [-0.2, -0.15) is 0 Å². The minimum Gasteiger partial charge on any atom is -0.444 e. The number of pyridine rings is 1. The molecule has 0 saturated carbocycles. The molecule has 0 aliphatic carbocycles. The Bertz CT molecular complexity index is 510. The number of carbonyl (C=O) groups is 1. The van der Waals surface area contributed by atoms with E-state index in [9.17, 15) is 9.59 Å². The van der Waals surface area contributed by atoms with Crippen molar-refractivity contribution in [1.29, 1.82) is 0 Å². The standard InChI is InChI=1S/C15H22N2O3/c1-15(2,3)20-14(19)17-9-5-4-6-12(17)11-7-8-13(18)16-10-11/h7-8,10,12H,4-6,9H2,1-3H3,(H,16,18). The van der Waals surface area contributed by atoms with E-state index in [0.29, 0.717) is 6.54 Å². The lowest BCUT2D eigenvalue weighted by molar-refractivity contribution is 0.00948. The van der Waals surface area contributed by atoms with Gasteiger partial charge >= 0.3 is 6.09 Å². The van der Waals surface area contributed by atoms with Gasteiger partial charge in [-0.05, 0) is 45.6 Å². The van der Waals surface area contributed by atoms with Crippen LogP contribution >= 0.6 is 0 Å². The predicted molar refractivity (Wildman–Crippen MR) is 76.6 cm³/mol. The van der Waals surface area contributed by atoms with Crippen molar-refractivity contribution in [2.45, 2.75) is 51.7 Å². The molecule has 1 aromatic rings. The van der Waals surface area contributed by atoms with Crippen LogP contribution in [0.15, 0.2) is 23.1 Å². The molecule has 1 aromatic heterocycles. The van der Waals surface area contributed by atoms with Crippen LogP contribution in [0.25, 0.3) is 0 Å². The Morgan fingerprint density at radius 3 is 2.70 bits per heavy atom. The van der Waals surface area contributed by atoms with E-state index in [1.807, 2.05) is 20.8 Å². The van der Waals surface area contributed by atoms with E-state index >= 15 is 0 Å². The summed E-state index contributed by atoms with van der Waals surface area (Å²) in [6.07, 6.45) is 4.36. The summed E-state index contributed by atoms with van der Waals surface area (Å²) in [4.78, 5) is 27.9. The van der Waals surface area contributed by atoms with Gasteiger partial charge in [0.15, 0.2) is 0 Å². The zero-order valence-corrected chi connectivity index (χ0v) is 12.3. The van der Waals surface area contributed by atoms with Crippen LogP contribution in [-0.4, -0.2) is 28.1 Å². The molecule has 5 heteroatoms. The summed E-state index contributed by atoms with van der Waals surface area (Å²) in [5, 5.41) is 0. The van der Waals surface area contributed by atoms with Crippen molar-refractivity contribution in [3.05, 3.63) is 34.2 Å². The molecule has 20 heavy (non-hydrogen) atoms. The number of nitrogens with one attached hydrogen (secondary N) is 1. The smallest absolute Gasteiger partial charge is 0.410 e. The maximum Gasteiger partial charge on any atom is 0.410 e. The van der Waals surface area contributed by atoms with Crippen molar-refractivity contribution in [2.24, 2.45) is 0 Å². The van der Waals surface area contributed by atoms with Crippen LogP contribution in [0.4, 0.5) is 4.79 Å². The minimum atomic E-state index is -0.496. The summed E-state index contributed by atoms with van der Waals surface area (Å²) in [7, 11) is 0. The fourth-order valence-corrected chi connectivity index (χ4v) is 2.45. The number of rotatable bonds is 1. The zero-order chi connectivity index (χ0) is 14.8. The summed E-state index contributed by atoms with van der Waals surface area (Å²) in [5.41, 5.74) is 0.327. The summed E-state index contributed by atoms with van der Waals surface area (Å²) in [6, 6.07) is 3.26. The van der Waals surface area contributed by atoms with Crippen molar-refractivity contribution >= 4 is 6.09 Å². The Morgan fingerprint density at radius 1 is 1.35 bits per heavy atom. The Hall–Kier alpha value is -1.78. The van der Waals surface area contributed by atoms with Crippen LogP contribution in [0.3, 0.4) is 0 Å². The summed E-state index contributed by atoms with van der Waals surface area (Å²) >= 11 is 0. The molecule has 1 N–H and O–H groups in total. The zero-order valence-electron chi connectivity index (χ0n) is 12.3. The lowest BCUT2D eigenvalue weighted by Gasteiger charge is -2.36. The first-order valence-corrected chi connectivity index (χ1v) is 7.05. The molecule has 110 valence electrons. The lowest BCUT2D eigenvalue weighted by atomic mass is 9.97. The van der Waals surface area contributed by atoms with E-state index < -0.39 is 5.60 Å². The SMILES string of the molecule is CC(C)(C)OC(=O)N1CCCCC1c1ccc(=O)[nH]c1. The average molecular weight is 278 g/mol. The molecular formula is C15H22N2O3. The molecule has 0 bridgehead atoms. The Morgan fingerprint density at radius 2 is 2.10 bits per heavy atom. The van der Waals surface area contributed by atoms with Crippen LogP contribution in [0, 0.1) is 0 Å². The molecule has 2 heterocycles. The number of carbonyl (C=O) groups excluding carboxylic acids is 1. The Kier molecular flexibility index (Phi) is 4.16. The molecule has 1 amide bonds. The normalized spacial score (nSPS) is 19.8. The van der Waals surface area contributed by atoms with Gasteiger partial charge in [0, 0.05) is 18.8 Å². The number of likely N-dealkylation sites (tertiary alicyclic amines) is 1. The quantitative estimate of drug-likeness (QED) is 0.859. The summed E-state index contributed by atoms with van der Waals surface area (Å²) in [6.45, 7) is 6.29. The van der Waals surface area contributed by atoms with E-state index in [1.54, 1.807) is 17.2 Å². The summed E-state index contributed by atoms with van der Waals surface area (Å²) < 4.78 is 5.47. The number of amides is 1. The second-order valence-corrected chi connectivity index (χ2v) is 6.17. The van der Waals surface area contributed by atoms with Crippen LogP contribution < -0.4 is 5.56 Å². The largest absolute Gasteiger partial charge is 0.444 e. The number of aromatic amines is 1. The molecule has 1 aliphatic rings. The third-order valence-corrected chi connectivity index (χ3v) is 3.32. The molecule has 0 aromatic carbocycles. The van der Waals surface area contributed by atoms with E-state index in [-0.39, 0.29) is 17.7 Å². The number of hydrogen-bond acceptors (Lipinski definition) is 3. The van der Waals surface area contributed by atoms with Crippen molar-refractivity contribution < 1.29 is 9.53 Å². The molecule has 2 rings (SSSR count). The molecule has 1 fully saturated rings. The minimum absolute atomic E-state index is 0.0181. The van der Waals surface area contributed by atoms with Crippen molar-refractivity contribution in [3.8, 4) is 0 Å². The first-order valence-electron chi connectivity index (χ1n) is 7.05. The number of piperidine rings is 1. The van der Waals surface area contributed by atoms with Gasteiger partial charge in [-0.25, -0.2) is 4.79 Å². The third kappa shape index (κ3) is 3.62. The lowest BCUT2D eigenvalue weighted by Crippen LogP contribution is -2.42. The Balaban J connectivity index is 2.18. The fraction of sp³-hybridized carbons (Fsp3) is 0.600. The highest BCUT2D eigenvalue weighted by atomic mass is 16.6. The van der Waals surface area contributed by atoms with Gasteiger partial charge < -0.3 is 14.6 Å². The maximum absolute atomic E-state index is 12.3. The number of nitrogens with zero attached hydrogens (tertiary/aromatic N) is 1. The fourth-order valence-electron chi connectivity index (χ4n) is 2.45. The van der Waals surface area contributed by atoms with Crippen LogP contribution in [0.1, 0.15) is 51.6 Å². The van der Waals surface area contributed by atoms with Gasteiger partial charge in [0.25, 0.3) is 0 Å². The van der Waals surface area contributed by atoms with Gasteiger partial charge in [0.2, 0.25) is 5.56 Å². The maximum atomic E-state index is 12.3. The van der Waals surface area contributed by atoms with E-state index in [4.69, 9.17) is 4.74 Å². The molecule has 0 radical (unpaired) electrons. The first-order chi connectivity index (χ1) is 9.37. The van der Waals surface area contributed by atoms with E-state index in [1.165, 1.54) is 6.07 Å². The van der Waals surface area contributed by atoms with Crippen LogP contribution in [0.5, 0.6) is 0 Å². The molecule has 1 atom stereocenters. The topological polar surface area (TPSA) is 62.4 Å². The van der Waals surface area contributed by atoms with E-state index in [2.05, 4.69) is 4.98 Å². The number of aromatic nitrogens is 1. The second-order valence-electron chi connectivity index (χ2n) is 6.17. The van der Waals surface area contributed by atoms with E-state index in [0.717, 1.165) is 24.8 Å². The summed E-state index contributed by atoms with van der Waals surface area (Å²) in [5.74, 6) is 0. The van der Waals surface area contributed by atoms with Crippen LogP contribution in [-0.2, 0) is 4.74 Å². The van der Waals surface area contributed by atoms with Gasteiger partial charge in [-0.15, -0.1) is 0 Å². The molecule has 5 nitrogen and oxygen atoms in total. The average Bonchev–Trinajstić information content (AvgIpc) is 2.38. The highest BCUT2D eigenvalue weighted by Crippen LogP contribution is 2.31. The molecular weight excluding hydrogens is 256 g/mol. The number of hydrogen-bond donors (Lipinski definition) is 1. The van der Waals surface area contributed by atoms with Gasteiger partial charge in [-0.3, -0.25) is 4.79 Å². The second kappa shape index (κ2) is 5.69. The third-order valence-electron chi connectivity index (χ3n) is 3.32. The first kappa shape index (κ1) is 14.6. The van der Waals surface area contributed by atoms with Crippen molar-refractivity contribution in [3.63, 3.8) is 0 Å². The van der Waals surface area contributed by atoms with Crippen LogP contribution in [0.2, 0.25) is 0 Å². The highest BCUT2D eigenvalue weighted by molar-refractivity contribution is 5.69. The van der Waals surface area contributed by atoms with Gasteiger partial charge in [0.1, 0.15) is 5.60 Å². The van der Waals surface area contributed by atoms with Gasteiger partial charge in [0.05, 0.1) is 6.04 Å². The molecule has 1 aliphatic heterocycles. The predicted octanol–water partition coefficient (Wildman–Crippen LogP) is 2.84. The number of ether oxygens (including phenoxy) is 1. The molecule has 1 unspecified atom stereocenters. The highest BCUT2D eigenvalue weighted by Gasteiger charge is 2.31. The van der Waals surface area contributed by atoms with Crippen molar-refractivity contribution in [1.82, 2.24) is 9.88 Å². The Labute approximate surface area is 118 Å². The monoisotopic (exact) mass is 278 g/mol. The van der Waals surface area contributed by atoms with Gasteiger partial charge in [-0.1, -0.05) is 6.07 Å². The number of H-pyrrole nitrogens is 1.